The molecule has 1 rings (SSSR count). The summed E-state index contributed by atoms with van der Waals surface area (Å²) < 4.78 is 0. The van der Waals surface area contributed by atoms with Crippen LogP contribution >= 0.6 is 0 Å². The van der Waals surface area contributed by atoms with Gasteiger partial charge in [0.15, 0.2) is 0 Å². The minimum atomic E-state index is -0.771. The van der Waals surface area contributed by atoms with Gasteiger partial charge < -0.3 is 10.4 Å². The maximum absolute atomic E-state index is 10.7. The van der Waals surface area contributed by atoms with Gasteiger partial charge >= 0.3 is 0 Å². The van der Waals surface area contributed by atoms with E-state index in [0.717, 1.165) is 0 Å². The number of carbonyl (C=O) groups is 1. The molecule has 1 heterocycles. The number of hydrogen-bond donors (Lipinski definition) is 2. The molecule has 2 unspecified atom stereocenters. The summed E-state index contributed by atoms with van der Waals surface area (Å²) in [6.07, 6.45) is -0.205. The second-order valence-electron chi connectivity index (χ2n) is 3.11. The topological polar surface area (TPSA) is 49.3 Å². The van der Waals surface area contributed by atoms with Crippen molar-refractivity contribution in [3.05, 3.63) is 0 Å². The standard InChI is InChI=1S/C7H13NO2/c1-4(2)5-3-6(9)7(10)8-5/h4-6,9H,3H2,1-2H3,(H,8,10). The van der Waals surface area contributed by atoms with Crippen LogP contribution in [0.25, 0.3) is 0 Å². The summed E-state index contributed by atoms with van der Waals surface area (Å²) >= 11 is 0. The molecule has 58 valence electrons. The summed E-state index contributed by atoms with van der Waals surface area (Å²) in [6, 6.07) is 0.169. The molecule has 0 radical (unpaired) electrons. The highest BCUT2D eigenvalue weighted by Crippen LogP contribution is 2.14. The monoisotopic (exact) mass is 143 g/mol. The number of aliphatic hydroxyl groups excluding tert-OH is 1. The molecular formula is C7H13NO2. The molecule has 10 heavy (non-hydrogen) atoms. The van der Waals surface area contributed by atoms with Gasteiger partial charge in [0.1, 0.15) is 6.10 Å². The highest BCUT2D eigenvalue weighted by Gasteiger charge is 2.31. The lowest BCUT2D eigenvalue weighted by molar-refractivity contribution is -0.126. The normalized spacial score (nSPS) is 33.0. The summed E-state index contributed by atoms with van der Waals surface area (Å²) in [7, 11) is 0. The average molecular weight is 143 g/mol. The zero-order valence-corrected chi connectivity index (χ0v) is 6.29. The SMILES string of the molecule is CC(C)C1CC(O)C(=O)N1. The summed E-state index contributed by atoms with van der Waals surface area (Å²) in [5.41, 5.74) is 0. The van der Waals surface area contributed by atoms with Gasteiger partial charge in [-0.2, -0.15) is 0 Å². The smallest absolute Gasteiger partial charge is 0.249 e. The summed E-state index contributed by atoms with van der Waals surface area (Å²) in [6.45, 7) is 4.06. The first-order chi connectivity index (χ1) is 4.61. The predicted molar refractivity (Wildman–Crippen MR) is 37.4 cm³/mol. The van der Waals surface area contributed by atoms with Crippen LogP contribution < -0.4 is 5.32 Å². The van der Waals surface area contributed by atoms with Gasteiger partial charge in [-0.05, 0) is 5.92 Å². The van der Waals surface area contributed by atoms with Crippen LogP contribution in [0.5, 0.6) is 0 Å². The van der Waals surface area contributed by atoms with Crippen molar-refractivity contribution in [2.24, 2.45) is 5.92 Å². The highest BCUT2D eigenvalue weighted by molar-refractivity contribution is 5.83. The molecule has 0 aromatic carbocycles. The molecule has 0 aromatic heterocycles. The van der Waals surface area contributed by atoms with E-state index in [-0.39, 0.29) is 11.9 Å². The molecule has 1 amide bonds. The number of amides is 1. The predicted octanol–water partition coefficient (Wildman–Crippen LogP) is -0.108. The van der Waals surface area contributed by atoms with Crippen LogP contribution in [-0.4, -0.2) is 23.2 Å². The molecule has 2 N–H and O–H groups in total. The lowest BCUT2D eigenvalue weighted by Gasteiger charge is -2.12. The minimum absolute atomic E-state index is 0.169. The fourth-order valence-corrected chi connectivity index (χ4v) is 1.12. The molecule has 1 fully saturated rings. The maximum Gasteiger partial charge on any atom is 0.249 e. The van der Waals surface area contributed by atoms with E-state index in [9.17, 15) is 4.79 Å². The van der Waals surface area contributed by atoms with Gasteiger partial charge in [0.25, 0.3) is 0 Å². The summed E-state index contributed by atoms with van der Waals surface area (Å²) in [5, 5.41) is 11.7. The third kappa shape index (κ3) is 1.29. The van der Waals surface area contributed by atoms with Crippen molar-refractivity contribution >= 4 is 5.91 Å². The largest absolute Gasteiger partial charge is 0.383 e. The lowest BCUT2D eigenvalue weighted by Crippen LogP contribution is -2.30. The number of aliphatic hydroxyl groups is 1. The van der Waals surface area contributed by atoms with Gasteiger partial charge in [0.2, 0.25) is 5.91 Å². The number of rotatable bonds is 1. The molecule has 0 saturated carbocycles. The van der Waals surface area contributed by atoms with Crippen molar-refractivity contribution in [2.45, 2.75) is 32.4 Å². The van der Waals surface area contributed by atoms with Crippen LogP contribution in [0.2, 0.25) is 0 Å². The van der Waals surface area contributed by atoms with Crippen LogP contribution in [0, 0.1) is 5.92 Å². The van der Waals surface area contributed by atoms with Crippen LogP contribution in [0.1, 0.15) is 20.3 Å². The first-order valence-electron chi connectivity index (χ1n) is 3.59. The molecule has 2 atom stereocenters. The van der Waals surface area contributed by atoms with E-state index in [1.54, 1.807) is 0 Å². The van der Waals surface area contributed by atoms with E-state index in [4.69, 9.17) is 5.11 Å². The number of nitrogens with one attached hydrogen (secondary N) is 1. The second kappa shape index (κ2) is 2.58. The lowest BCUT2D eigenvalue weighted by atomic mass is 10.0. The van der Waals surface area contributed by atoms with Crippen LogP contribution in [0.4, 0.5) is 0 Å². The van der Waals surface area contributed by atoms with E-state index in [1.165, 1.54) is 0 Å². The van der Waals surface area contributed by atoms with Gasteiger partial charge in [-0.3, -0.25) is 4.79 Å². The molecule has 1 aliphatic rings. The fourth-order valence-electron chi connectivity index (χ4n) is 1.12. The molecule has 1 saturated heterocycles. The quantitative estimate of drug-likeness (QED) is 0.538. The molecule has 3 nitrogen and oxygen atoms in total. The van der Waals surface area contributed by atoms with Crippen molar-refractivity contribution in [2.75, 3.05) is 0 Å². The Morgan fingerprint density at radius 3 is 2.50 bits per heavy atom. The van der Waals surface area contributed by atoms with Gasteiger partial charge in [0, 0.05) is 12.5 Å². The van der Waals surface area contributed by atoms with E-state index in [1.807, 2.05) is 13.8 Å². The van der Waals surface area contributed by atoms with Crippen LogP contribution in [-0.2, 0) is 4.79 Å². The van der Waals surface area contributed by atoms with Crippen LogP contribution in [0.3, 0.4) is 0 Å². The molecule has 1 aliphatic heterocycles. The Morgan fingerprint density at radius 1 is 1.70 bits per heavy atom. The Morgan fingerprint density at radius 2 is 2.30 bits per heavy atom. The van der Waals surface area contributed by atoms with Crippen molar-refractivity contribution < 1.29 is 9.90 Å². The molecule has 3 heteroatoms. The number of carbonyl (C=O) groups excluding carboxylic acids is 1. The maximum atomic E-state index is 10.7. The Balaban J connectivity index is 2.49. The zero-order chi connectivity index (χ0) is 7.72. The fraction of sp³-hybridized carbons (Fsp3) is 0.857. The third-order valence-corrected chi connectivity index (χ3v) is 1.91. The van der Waals surface area contributed by atoms with Crippen molar-refractivity contribution in [3.63, 3.8) is 0 Å². The van der Waals surface area contributed by atoms with E-state index >= 15 is 0 Å². The second-order valence-corrected chi connectivity index (χ2v) is 3.11. The summed E-state index contributed by atoms with van der Waals surface area (Å²) in [5.74, 6) is 0.194. The van der Waals surface area contributed by atoms with E-state index < -0.39 is 6.10 Å². The number of hydrogen-bond acceptors (Lipinski definition) is 2. The van der Waals surface area contributed by atoms with Crippen molar-refractivity contribution in [3.8, 4) is 0 Å². The van der Waals surface area contributed by atoms with Gasteiger partial charge in [-0.1, -0.05) is 13.8 Å². The minimum Gasteiger partial charge on any atom is -0.383 e. The van der Waals surface area contributed by atoms with Crippen LogP contribution in [0.15, 0.2) is 0 Å². The van der Waals surface area contributed by atoms with Gasteiger partial charge in [-0.15, -0.1) is 0 Å². The molecule has 0 spiro atoms. The Bertz CT molecular complexity index is 145. The van der Waals surface area contributed by atoms with E-state index in [0.29, 0.717) is 12.3 Å². The first kappa shape index (κ1) is 7.54. The summed E-state index contributed by atoms with van der Waals surface area (Å²) in [4.78, 5) is 10.7. The third-order valence-electron chi connectivity index (χ3n) is 1.91. The molecule has 0 bridgehead atoms. The molecular weight excluding hydrogens is 130 g/mol. The molecule has 0 aromatic rings. The molecule has 0 aliphatic carbocycles. The zero-order valence-electron chi connectivity index (χ0n) is 6.29. The average Bonchev–Trinajstić information content (AvgIpc) is 2.13. The highest BCUT2D eigenvalue weighted by atomic mass is 16.3. The van der Waals surface area contributed by atoms with Gasteiger partial charge in [-0.25, -0.2) is 0 Å². The Labute approximate surface area is 60.4 Å². The Kier molecular flexibility index (Phi) is 1.94. The van der Waals surface area contributed by atoms with Crippen molar-refractivity contribution in [1.29, 1.82) is 0 Å². The van der Waals surface area contributed by atoms with E-state index in [2.05, 4.69) is 5.32 Å². The van der Waals surface area contributed by atoms with Crippen molar-refractivity contribution in [1.82, 2.24) is 5.32 Å². The first-order valence-corrected chi connectivity index (χ1v) is 3.59. The van der Waals surface area contributed by atoms with Gasteiger partial charge in [0.05, 0.1) is 0 Å². The Hall–Kier alpha value is -0.570.